The van der Waals surface area contributed by atoms with E-state index in [4.69, 9.17) is 14.0 Å². The van der Waals surface area contributed by atoms with E-state index in [2.05, 4.69) is 31.0 Å². The lowest BCUT2D eigenvalue weighted by molar-refractivity contribution is 0.0322. The van der Waals surface area contributed by atoms with Crippen molar-refractivity contribution in [3.8, 4) is 22.7 Å². The first kappa shape index (κ1) is 27.4. The average Bonchev–Trinajstić information content (AvgIpc) is 3.61. The Bertz CT molecular complexity index is 1430. The summed E-state index contributed by atoms with van der Waals surface area (Å²) in [6.45, 7) is 13.0. The second-order valence-corrected chi connectivity index (χ2v) is 10.8. The van der Waals surface area contributed by atoms with E-state index in [1.807, 2.05) is 76.4 Å². The molecule has 1 aliphatic rings. The van der Waals surface area contributed by atoms with Crippen molar-refractivity contribution in [2.75, 3.05) is 50.1 Å². The molecule has 11 nitrogen and oxygen atoms in total. The number of aromatic nitrogens is 4. The number of rotatable bonds is 8. The standard InChI is InChI=1S/C29H35N7O4/c1-20-17-22(7-10-24(20)30-28(37)31-27-18-26(40-33-27)29(2,3)4)36-19-25(32-34-36)21-5-8-23(9-6-21)39-16-13-35-11-14-38-15-12-35/h5-10,17-19H,11-16H2,1-4H3,(H2,30,31,33,37). The summed E-state index contributed by atoms with van der Waals surface area (Å²) in [5.74, 6) is 1.88. The molecule has 2 amide bonds. The molecule has 11 heteroatoms. The molecule has 2 aromatic heterocycles. The molecule has 0 unspecified atom stereocenters. The van der Waals surface area contributed by atoms with Gasteiger partial charge in [0.2, 0.25) is 0 Å². The van der Waals surface area contributed by atoms with Gasteiger partial charge in [-0.3, -0.25) is 10.2 Å². The molecular weight excluding hydrogens is 510 g/mol. The summed E-state index contributed by atoms with van der Waals surface area (Å²) in [5.41, 5.74) is 3.88. The van der Waals surface area contributed by atoms with Gasteiger partial charge in [0.05, 0.1) is 25.1 Å². The number of amides is 2. The van der Waals surface area contributed by atoms with Crippen molar-refractivity contribution in [3.63, 3.8) is 0 Å². The molecule has 5 rings (SSSR count). The molecular formula is C29H35N7O4. The molecule has 0 radical (unpaired) electrons. The third kappa shape index (κ3) is 6.85. The van der Waals surface area contributed by atoms with Crippen LogP contribution in [0.4, 0.5) is 16.3 Å². The second kappa shape index (κ2) is 11.9. The molecule has 1 saturated heterocycles. The van der Waals surface area contributed by atoms with Gasteiger partial charge in [-0.05, 0) is 55.0 Å². The Morgan fingerprint density at radius 2 is 1.82 bits per heavy atom. The monoisotopic (exact) mass is 545 g/mol. The minimum atomic E-state index is -0.402. The van der Waals surface area contributed by atoms with Gasteiger partial charge in [-0.2, -0.15) is 0 Å². The quantitative estimate of drug-likeness (QED) is 0.321. The molecule has 4 aromatic rings. The van der Waals surface area contributed by atoms with Crippen molar-refractivity contribution in [2.45, 2.75) is 33.1 Å². The van der Waals surface area contributed by atoms with E-state index in [1.54, 1.807) is 10.7 Å². The number of morpholine rings is 1. The van der Waals surface area contributed by atoms with Gasteiger partial charge >= 0.3 is 6.03 Å². The van der Waals surface area contributed by atoms with Gasteiger partial charge in [-0.15, -0.1) is 5.10 Å². The van der Waals surface area contributed by atoms with Crippen LogP contribution in [0.2, 0.25) is 0 Å². The van der Waals surface area contributed by atoms with Crippen LogP contribution >= 0.6 is 0 Å². The summed E-state index contributed by atoms with van der Waals surface area (Å²) in [6.07, 6.45) is 1.88. The molecule has 210 valence electrons. The van der Waals surface area contributed by atoms with Crippen LogP contribution in [0.5, 0.6) is 5.75 Å². The van der Waals surface area contributed by atoms with Crippen molar-refractivity contribution < 1.29 is 18.8 Å². The lowest BCUT2D eigenvalue weighted by Crippen LogP contribution is -2.38. The highest BCUT2D eigenvalue weighted by Gasteiger charge is 2.20. The summed E-state index contributed by atoms with van der Waals surface area (Å²) in [7, 11) is 0. The zero-order valence-electron chi connectivity index (χ0n) is 23.3. The SMILES string of the molecule is Cc1cc(-n2cc(-c3ccc(OCCN4CCOCC4)cc3)nn2)ccc1NC(=O)Nc1cc(C(C)(C)C)on1. The van der Waals surface area contributed by atoms with E-state index in [0.717, 1.165) is 61.1 Å². The Hall–Kier alpha value is -4.22. The van der Waals surface area contributed by atoms with Gasteiger partial charge in [0.15, 0.2) is 5.82 Å². The predicted octanol–water partition coefficient (Wildman–Crippen LogP) is 4.88. The summed E-state index contributed by atoms with van der Waals surface area (Å²) in [6, 6.07) is 14.8. The van der Waals surface area contributed by atoms with Crippen LogP contribution in [0, 0.1) is 6.92 Å². The topological polar surface area (TPSA) is 120 Å². The summed E-state index contributed by atoms with van der Waals surface area (Å²) < 4.78 is 18.3. The highest BCUT2D eigenvalue weighted by atomic mass is 16.5. The van der Waals surface area contributed by atoms with E-state index in [9.17, 15) is 4.79 Å². The van der Waals surface area contributed by atoms with Crippen LogP contribution in [0.25, 0.3) is 16.9 Å². The molecule has 40 heavy (non-hydrogen) atoms. The van der Waals surface area contributed by atoms with Crippen molar-refractivity contribution in [3.05, 3.63) is 66.1 Å². The van der Waals surface area contributed by atoms with Crippen molar-refractivity contribution in [1.82, 2.24) is 25.1 Å². The van der Waals surface area contributed by atoms with E-state index in [-0.39, 0.29) is 5.41 Å². The van der Waals surface area contributed by atoms with E-state index in [0.29, 0.717) is 23.9 Å². The first-order valence-electron chi connectivity index (χ1n) is 13.4. The minimum Gasteiger partial charge on any atom is -0.492 e. The number of hydrogen-bond acceptors (Lipinski definition) is 8. The highest BCUT2D eigenvalue weighted by Crippen LogP contribution is 2.25. The lowest BCUT2D eigenvalue weighted by Gasteiger charge is -2.26. The number of nitrogens with zero attached hydrogens (tertiary/aromatic N) is 5. The van der Waals surface area contributed by atoms with Gasteiger partial charge in [0, 0.05) is 42.4 Å². The number of anilines is 2. The fraction of sp³-hybridized carbons (Fsp3) is 0.379. The third-order valence-electron chi connectivity index (χ3n) is 6.64. The Morgan fingerprint density at radius 1 is 1.05 bits per heavy atom. The van der Waals surface area contributed by atoms with Gasteiger partial charge in [-0.1, -0.05) is 31.1 Å². The molecule has 0 spiro atoms. The van der Waals surface area contributed by atoms with E-state index < -0.39 is 6.03 Å². The number of nitrogens with one attached hydrogen (secondary N) is 2. The number of carbonyl (C=O) groups is 1. The van der Waals surface area contributed by atoms with Gasteiger partial charge in [0.25, 0.3) is 0 Å². The molecule has 0 atom stereocenters. The molecule has 2 aromatic carbocycles. The predicted molar refractivity (Wildman–Crippen MR) is 152 cm³/mol. The molecule has 0 saturated carbocycles. The maximum absolute atomic E-state index is 12.5. The number of ether oxygens (including phenoxy) is 2. The Kier molecular flexibility index (Phi) is 8.13. The van der Waals surface area contributed by atoms with Gasteiger partial charge < -0.3 is 19.3 Å². The number of urea groups is 1. The van der Waals surface area contributed by atoms with Crippen LogP contribution in [0.15, 0.2) is 59.3 Å². The summed E-state index contributed by atoms with van der Waals surface area (Å²) in [4.78, 5) is 14.9. The maximum atomic E-state index is 12.5. The van der Waals surface area contributed by atoms with E-state index in [1.165, 1.54) is 0 Å². The van der Waals surface area contributed by atoms with Crippen LogP contribution in [0.1, 0.15) is 32.1 Å². The first-order chi connectivity index (χ1) is 19.2. The van der Waals surface area contributed by atoms with Crippen LogP contribution in [-0.4, -0.2) is 70.5 Å². The smallest absolute Gasteiger partial charge is 0.324 e. The minimum absolute atomic E-state index is 0.196. The number of carbonyl (C=O) groups excluding carboxylic acids is 1. The number of aryl methyl sites for hydroxylation is 1. The Morgan fingerprint density at radius 3 is 2.52 bits per heavy atom. The highest BCUT2D eigenvalue weighted by molar-refractivity contribution is 5.99. The lowest BCUT2D eigenvalue weighted by atomic mass is 9.93. The fourth-order valence-electron chi connectivity index (χ4n) is 4.25. The maximum Gasteiger partial charge on any atom is 0.324 e. The van der Waals surface area contributed by atoms with Crippen LogP contribution < -0.4 is 15.4 Å². The summed E-state index contributed by atoms with van der Waals surface area (Å²) in [5, 5.41) is 18.1. The largest absolute Gasteiger partial charge is 0.492 e. The van der Waals surface area contributed by atoms with E-state index >= 15 is 0 Å². The summed E-state index contributed by atoms with van der Waals surface area (Å²) >= 11 is 0. The third-order valence-corrected chi connectivity index (χ3v) is 6.64. The Labute approximate surface area is 233 Å². The zero-order chi connectivity index (χ0) is 28.1. The fourth-order valence-corrected chi connectivity index (χ4v) is 4.25. The van der Waals surface area contributed by atoms with Crippen LogP contribution in [-0.2, 0) is 10.2 Å². The molecule has 0 aliphatic carbocycles. The molecule has 0 bridgehead atoms. The molecule has 1 aliphatic heterocycles. The molecule has 1 fully saturated rings. The van der Waals surface area contributed by atoms with Gasteiger partial charge in [-0.25, -0.2) is 9.48 Å². The van der Waals surface area contributed by atoms with Crippen LogP contribution in [0.3, 0.4) is 0 Å². The normalized spacial score (nSPS) is 14.2. The number of benzene rings is 2. The molecule has 3 heterocycles. The average molecular weight is 546 g/mol. The molecule has 2 N–H and O–H groups in total. The van der Waals surface area contributed by atoms with Crippen molar-refractivity contribution >= 4 is 17.5 Å². The first-order valence-corrected chi connectivity index (χ1v) is 13.4. The number of hydrogen-bond donors (Lipinski definition) is 2. The second-order valence-electron chi connectivity index (χ2n) is 10.8. The Balaban J connectivity index is 1.16. The van der Waals surface area contributed by atoms with Crippen molar-refractivity contribution in [1.29, 1.82) is 0 Å². The van der Waals surface area contributed by atoms with Gasteiger partial charge in [0.1, 0.15) is 23.8 Å². The van der Waals surface area contributed by atoms with Crippen molar-refractivity contribution in [2.24, 2.45) is 0 Å². The zero-order valence-corrected chi connectivity index (χ0v) is 23.3.